The smallest absolute Gasteiger partial charge is 0.220 e. The molecule has 262 valence electrons. The van der Waals surface area contributed by atoms with E-state index in [0.717, 1.165) is 77.0 Å². The van der Waals surface area contributed by atoms with Crippen molar-refractivity contribution in [2.75, 3.05) is 6.61 Å². The highest BCUT2D eigenvalue weighted by Gasteiger charge is 2.17. The van der Waals surface area contributed by atoms with Crippen molar-refractivity contribution < 1.29 is 15.0 Å². The van der Waals surface area contributed by atoms with Crippen molar-refractivity contribution in [1.82, 2.24) is 5.32 Å². The maximum Gasteiger partial charge on any atom is 0.220 e. The molecule has 0 aromatic rings. The van der Waals surface area contributed by atoms with E-state index in [1.165, 1.54) is 57.8 Å². The van der Waals surface area contributed by atoms with Gasteiger partial charge in [0.1, 0.15) is 0 Å². The van der Waals surface area contributed by atoms with Crippen LogP contribution in [-0.2, 0) is 4.79 Å². The highest BCUT2D eigenvalue weighted by Crippen LogP contribution is 2.10. The summed E-state index contributed by atoms with van der Waals surface area (Å²) in [5, 5.41) is 22.9. The fourth-order valence-electron chi connectivity index (χ4n) is 4.96. The van der Waals surface area contributed by atoms with Crippen molar-refractivity contribution in [3.8, 4) is 0 Å². The Morgan fingerprint density at radius 3 is 1.52 bits per heavy atom. The van der Waals surface area contributed by atoms with E-state index in [4.69, 9.17) is 0 Å². The zero-order valence-electron chi connectivity index (χ0n) is 29.8. The Morgan fingerprint density at radius 1 is 0.543 bits per heavy atom. The average Bonchev–Trinajstić information content (AvgIpc) is 3.06. The third-order valence-electron chi connectivity index (χ3n) is 7.84. The van der Waals surface area contributed by atoms with Crippen LogP contribution >= 0.6 is 0 Å². The minimum Gasteiger partial charge on any atom is -0.394 e. The molecule has 0 fully saturated rings. The maximum absolute atomic E-state index is 12.3. The second-order valence-corrected chi connectivity index (χ2v) is 12.2. The number of carbonyl (C=O) groups is 1. The maximum atomic E-state index is 12.3. The molecular weight excluding hydrogens is 566 g/mol. The van der Waals surface area contributed by atoms with Gasteiger partial charge >= 0.3 is 0 Å². The monoisotopic (exact) mass is 638 g/mol. The Bertz CT molecular complexity index is 864. The Balaban J connectivity index is 3.76. The van der Waals surface area contributed by atoms with Gasteiger partial charge in [0.2, 0.25) is 5.91 Å². The lowest BCUT2D eigenvalue weighted by molar-refractivity contribution is -0.123. The van der Waals surface area contributed by atoms with E-state index >= 15 is 0 Å². The molecule has 0 heterocycles. The molecule has 0 bridgehead atoms. The van der Waals surface area contributed by atoms with Crippen LogP contribution < -0.4 is 5.32 Å². The van der Waals surface area contributed by atoms with Crippen molar-refractivity contribution in [1.29, 1.82) is 0 Å². The molecule has 0 aliphatic carbocycles. The van der Waals surface area contributed by atoms with Crippen LogP contribution in [0.25, 0.3) is 0 Å². The summed E-state index contributed by atoms with van der Waals surface area (Å²) in [6.07, 6.45) is 53.8. The molecule has 0 aliphatic heterocycles. The van der Waals surface area contributed by atoms with Gasteiger partial charge in [0.05, 0.1) is 18.8 Å². The predicted octanol–water partition coefficient (Wildman–Crippen LogP) is 11.3. The van der Waals surface area contributed by atoms with Gasteiger partial charge in [-0.1, -0.05) is 150 Å². The summed E-state index contributed by atoms with van der Waals surface area (Å²) in [5.74, 6) is -0.0979. The lowest BCUT2D eigenvalue weighted by atomic mass is 10.1. The first-order valence-electron chi connectivity index (χ1n) is 18.8. The van der Waals surface area contributed by atoms with Crippen LogP contribution in [0.4, 0.5) is 0 Å². The van der Waals surface area contributed by atoms with E-state index < -0.39 is 12.1 Å². The van der Waals surface area contributed by atoms with Crippen LogP contribution in [-0.4, -0.2) is 34.9 Å². The second-order valence-electron chi connectivity index (χ2n) is 12.2. The third-order valence-corrected chi connectivity index (χ3v) is 7.84. The molecule has 0 aromatic carbocycles. The second kappa shape index (κ2) is 37.0. The largest absolute Gasteiger partial charge is 0.394 e. The van der Waals surface area contributed by atoms with E-state index in [0.29, 0.717) is 6.42 Å². The molecule has 0 saturated heterocycles. The molecule has 0 aromatic heterocycles. The van der Waals surface area contributed by atoms with Crippen LogP contribution in [0.1, 0.15) is 155 Å². The number of nitrogens with one attached hydrogen (secondary N) is 1. The number of aliphatic hydroxyl groups is 2. The van der Waals surface area contributed by atoms with Gasteiger partial charge in [0.25, 0.3) is 0 Å². The van der Waals surface area contributed by atoms with Crippen LogP contribution in [0.2, 0.25) is 0 Å². The summed E-state index contributed by atoms with van der Waals surface area (Å²) in [6.45, 7) is 4.13. The van der Waals surface area contributed by atoms with Crippen LogP contribution in [0.3, 0.4) is 0 Å². The number of unbranched alkanes of at least 4 members (excludes halogenated alkanes) is 13. The van der Waals surface area contributed by atoms with Crippen molar-refractivity contribution in [3.05, 3.63) is 85.1 Å². The van der Waals surface area contributed by atoms with Gasteiger partial charge in [-0.2, -0.15) is 0 Å². The molecule has 3 N–H and O–H groups in total. The highest BCUT2D eigenvalue weighted by molar-refractivity contribution is 5.76. The zero-order chi connectivity index (χ0) is 33.6. The summed E-state index contributed by atoms with van der Waals surface area (Å²) in [5.41, 5.74) is 0. The fourth-order valence-corrected chi connectivity index (χ4v) is 4.96. The lowest BCUT2D eigenvalue weighted by Crippen LogP contribution is -2.45. The first kappa shape index (κ1) is 43.6. The Kier molecular flexibility index (Phi) is 35.1. The molecule has 0 saturated carbocycles. The molecule has 2 atom stereocenters. The van der Waals surface area contributed by atoms with Gasteiger partial charge in [0, 0.05) is 6.42 Å². The van der Waals surface area contributed by atoms with Gasteiger partial charge < -0.3 is 15.5 Å². The first-order valence-corrected chi connectivity index (χ1v) is 18.8. The number of allylic oxidation sites excluding steroid dienone is 13. The Labute approximate surface area is 284 Å². The number of aliphatic hydroxyl groups excluding tert-OH is 2. The van der Waals surface area contributed by atoms with Crippen molar-refractivity contribution in [2.24, 2.45) is 0 Å². The first-order chi connectivity index (χ1) is 22.7. The molecule has 4 nitrogen and oxygen atoms in total. The van der Waals surface area contributed by atoms with Gasteiger partial charge in [-0.3, -0.25) is 4.79 Å². The SMILES string of the molecule is CC/C=C\C/C=C\C/C=C\C/C=C\CCCCCCCCC(=O)NC(CO)C(O)/C=C/CC/C=C/CC/C=C/CCCCCCC. The van der Waals surface area contributed by atoms with Crippen molar-refractivity contribution in [3.63, 3.8) is 0 Å². The molecule has 46 heavy (non-hydrogen) atoms. The number of hydrogen-bond donors (Lipinski definition) is 3. The minimum atomic E-state index is -0.879. The highest BCUT2D eigenvalue weighted by atomic mass is 16.3. The molecular formula is C42H71NO3. The third kappa shape index (κ3) is 32.9. The van der Waals surface area contributed by atoms with Gasteiger partial charge in [-0.25, -0.2) is 0 Å². The van der Waals surface area contributed by atoms with Crippen LogP contribution in [0, 0.1) is 0 Å². The van der Waals surface area contributed by atoms with Crippen LogP contribution in [0.15, 0.2) is 85.1 Å². The van der Waals surface area contributed by atoms with Crippen LogP contribution in [0.5, 0.6) is 0 Å². The standard InChI is InChI=1S/C42H71NO3/c1-3-5-7-9-11-13-15-17-19-20-21-22-24-26-28-30-32-34-36-38-42(46)43-40(39-44)41(45)37-35-33-31-29-27-25-23-18-16-14-12-10-8-6-4-2/h5,7,11,13,16-19,21-22,27,29,35,37,40-41,44-45H,3-4,6,8-10,12,14-15,20,23-26,28,30-34,36,38-39H2,1-2H3,(H,43,46)/b7-5-,13-11-,18-16+,19-17-,22-21-,29-27+,37-35+. The van der Waals surface area contributed by atoms with E-state index in [9.17, 15) is 15.0 Å². The average molecular weight is 638 g/mol. The Morgan fingerprint density at radius 2 is 0.978 bits per heavy atom. The number of carbonyl (C=O) groups excluding carboxylic acids is 1. The topological polar surface area (TPSA) is 69.6 Å². The van der Waals surface area contributed by atoms with Gasteiger partial charge in [-0.15, -0.1) is 0 Å². The van der Waals surface area contributed by atoms with Crippen molar-refractivity contribution in [2.45, 2.75) is 167 Å². The van der Waals surface area contributed by atoms with Gasteiger partial charge in [0.15, 0.2) is 0 Å². The normalized spacial score (nSPS) is 14.1. The number of amides is 1. The zero-order valence-corrected chi connectivity index (χ0v) is 29.8. The predicted molar refractivity (Wildman–Crippen MR) is 202 cm³/mol. The molecule has 0 rings (SSSR count). The number of hydrogen-bond acceptors (Lipinski definition) is 3. The lowest BCUT2D eigenvalue weighted by Gasteiger charge is -2.19. The van der Waals surface area contributed by atoms with E-state index in [2.05, 4.69) is 92.1 Å². The van der Waals surface area contributed by atoms with Crippen molar-refractivity contribution >= 4 is 5.91 Å². The quantitative estimate of drug-likeness (QED) is 0.0508. The summed E-state index contributed by atoms with van der Waals surface area (Å²) in [7, 11) is 0. The molecule has 2 unspecified atom stereocenters. The molecule has 0 radical (unpaired) electrons. The summed E-state index contributed by atoms with van der Waals surface area (Å²) >= 11 is 0. The Hall–Kier alpha value is -2.43. The summed E-state index contributed by atoms with van der Waals surface area (Å²) in [4.78, 5) is 12.3. The molecule has 1 amide bonds. The molecule has 0 spiro atoms. The van der Waals surface area contributed by atoms with E-state index in [-0.39, 0.29) is 12.5 Å². The number of rotatable bonds is 32. The summed E-state index contributed by atoms with van der Waals surface area (Å²) < 4.78 is 0. The fraction of sp³-hybridized carbons (Fsp3) is 0.643. The van der Waals surface area contributed by atoms with E-state index in [1.807, 2.05) is 6.08 Å². The minimum absolute atomic E-state index is 0.0979. The summed E-state index contributed by atoms with van der Waals surface area (Å²) in [6, 6.07) is -0.656. The van der Waals surface area contributed by atoms with E-state index in [1.54, 1.807) is 6.08 Å². The van der Waals surface area contributed by atoms with Gasteiger partial charge in [-0.05, 0) is 83.5 Å². The molecule has 0 aliphatic rings. The molecule has 4 heteroatoms.